The number of halogens is 1. The van der Waals surface area contributed by atoms with Gasteiger partial charge in [0.25, 0.3) is 0 Å². The molecular formula is C12H16BrNO2. The summed E-state index contributed by atoms with van der Waals surface area (Å²) in [5, 5.41) is 19.6. The first-order valence-corrected chi connectivity index (χ1v) is 6.31. The Balaban J connectivity index is 2.57. The van der Waals surface area contributed by atoms with Crippen LogP contribution in [0.3, 0.4) is 0 Å². The van der Waals surface area contributed by atoms with Crippen LogP contribution < -0.4 is 5.73 Å². The maximum Gasteiger partial charge on any atom is 0.162 e. The molecule has 0 spiro atoms. The summed E-state index contributed by atoms with van der Waals surface area (Å²) in [5.41, 5.74) is 6.47. The van der Waals surface area contributed by atoms with E-state index in [0.29, 0.717) is 6.54 Å². The van der Waals surface area contributed by atoms with Gasteiger partial charge < -0.3 is 15.9 Å². The number of rotatable bonds is 2. The molecule has 1 aliphatic carbocycles. The van der Waals surface area contributed by atoms with Gasteiger partial charge in [-0.3, -0.25) is 0 Å². The van der Waals surface area contributed by atoms with Crippen LogP contribution in [0, 0.1) is 0 Å². The van der Waals surface area contributed by atoms with Crippen molar-refractivity contribution in [3.63, 3.8) is 0 Å². The number of phenolic OH excluding ortho intramolecular Hbond substituents is 2. The normalized spacial score (nSPS) is 18.9. The van der Waals surface area contributed by atoms with Crippen LogP contribution in [0.25, 0.3) is 0 Å². The molecule has 0 amide bonds. The summed E-state index contributed by atoms with van der Waals surface area (Å²) in [6.07, 6.45) is 4.19. The van der Waals surface area contributed by atoms with Gasteiger partial charge in [-0.15, -0.1) is 0 Å². The zero-order valence-electron chi connectivity index (χ0n) is 9.04. The van der Waals surface area contributed by atoms with Gasteiger partial charge in [-0.2, -0.15) is 0 Å². The first-order chi connectivity index (χ1) is 7.60. The van der Waals surface area contributed by atoms with E-state index >= 15 is 0 Å². The van der Waals surface area contributed by atoms with Crippen molar-refractivity contribution in [2.45, 2.75) is 31.1 Å². The molecule has 1 saturated carbocycles. The van der Waals surface area contributed by atoms with Crippen molar-refractivity contribution in [3.05, 3.63) is 22.2 Å². The molecule has 0 heterocycles. The molecule has 0 saturated heterocycles. The minimum Gasteiger partial charge on any atom is -0.504 e. The molecule has 88 valence electrons. The summed E-state index contributed by atoms with van der Waals surface area (Å²) in [6.45, 7) is 0.503. The van der Waals surface area contributed by atoms with Gasteiger partial charge in [-0.1, -0.05) is 28.8 Å². The second-order valence-corrected chi connectivity index (χ2v) is 5.34. The lowest BCUT2D eigenvalue weighted by Crippen LogP contribution is -2.32. The van der Waals surface area contributed by atoms with Crippen LogP contribution in [0.5, 0.6) is 11.5 Å². The van der Waals surface area contributed by atoms with Gasteiger partial charge in [0, 0.05) is 22.0 Å². The van der Waals surface area contributed by atoms with Crippen molar-refractivity contribution in [1.29, 1.82) is 0 Å². The van der Waals surface area contributed by atoms with Crippen molar-refractivity contribution in [3.8, 4) is 11.5 Å². The monoisotopic (exact) mass is 285 g/mol. The fraction of sp³-hybridized carbons (Fsp3) is 0.500. The molecular weight excluding hydrogens is 270 g/mol. The maximum atomic E-state index is 10.00. The lowest BCUT2D eigenvalue weighted by Gasteiger charge is -2.29. The van der Waals surface area contributed by atoms with E-state index in [0.717, 1.165) is 35.7 Å². The molecule has 0 aliphatic heterocycles. The molecule has 2 rings (SSSR count). The molecule has 3 nitrogen and oxygen atoms in total. The molecule has 1 aromatic rings. The van der Waals surface area contributed by atoms with Crippen LogP contribution in [0.1, 0.15) is 31.2 Å². The highest BCUT2D eigenvalue weighted by Gasteiger charge is 2.38. The summed E-state index contributed by atoms with van der Waals surface area (Å²) in [4.78, 5) is 0. The fourth-order valence-electron chi connectivity index (χ4n) is 2.67. The van der Waals surface area contributed by atoms with Gasteiger partial charge in [0.05, 0.1) is 0 Å². The van der Waals surface area contributed by atoms with Gasteiger partial charge in [0.15, 0.2) is 11.5 Å². The second-order valence-electron chi connectivity index (χ2n) is 4.48. The minimum absolute atomic E-state index is 0.0262. The van der Waals surface area contributed by atoms with Gasteiger partial charge in [-0.25, -0.2) is 0 Å². The van der Waals surface area contributed by atoms with Crippen molar-refractivity contribution in [1.82, 2.24) is 0 Å². The summed E-state index contributed by atoms with van der Waals surface area (Å²) >= 11 is 3.44. The highest BCUT2D eigenvalue weighted by Crippen LogP contribution is 2.49. The van der Waals surface area contributed by atoms with Crippen molar-refractivity contribution in [2.75, 3.05) is 6.54 Å². The maximum absolute atomic E-state index is 10.00. The average molecular weight is 286 g/mol. The highest BCUT2D eigenvalue weighted by atomic mass is 79.9. The smallest absolute Gasteiger partial charge is 0.162 e. The Bertz CT molecular complexity index is 400. The van der Waals surface area contributed by atoms with E-state index in [-0.39, 0.29) is 16.9 Å². The van der Waals surface area contributed by atoms with Gasteiger partial charge in [0.1, 0.15) is 0 Å². The minimum atomic E-state index is -0.179. The third-order valence-corrected chi connectivity index (χ3v) is 4.25. The molecule has 0 unspecified atom stereocenters. The average Bonchev–Trinajstić information content (AvgIpc) is 2.74. The van der Waals surface area contributed by atoms with E-state index in [2.05, 4.69) is 15.9 Å². The van der Waals surface area contributed by atoms with Crippen LogP contribution in [-0.2, 0) is 5.41 Å². The van der Waals surface area contributed by atoms with Crippen molar-refractivity contribution in [2.24, 2.45) is 5.73 Å². The summed E-state index contributed by atoms with van der Waals surface area (Å²) in [7, 11) is 0. The van der Waals surface area contributed by atoms with E-state index in [1.165, 1.54) is 6.07 Å². The molecule has 0 bridgehead atoms. The Labute approximate surface area is 103 Å². The van der Waals surface area contributed by atoms with E-state index in [1.54, 1.807) is 6.07 Å². The zero-order valence-corrected chi connectivity index (χ0v) is 10.6. The van der Waals surface area contributed by atoms with Crippen molar-refractivity contribution < 1.29 is 10.2 Å². The Morgan fingerprint density at radius 1 is 1.25 bits per heavy atom. The lowest BCUT2D eigenvalue weighted by molar-refractivity contribution is 0.370. The molecule has 1 aliphatic rings. The number of phenols is 2. The van der Waals surface area contributed by atoms with E-state index in [1.807, 2.05) is 0 Å². The predicted molar refractivity (Wildman–Crippen MR) is 66.7 cm³/mol. The van der Waals surface area contributed by atoms with Crippen LogP contribution in [0.2, 0.25) is 0 Å². The summed E-state index contributed by atoms with van der Waals surface area (Å²) < 4.78 is 0.829. The van der Waals surface area contributed by atoms with Gasteiger partial charge in [0.2, 0.25) is 0 Å². The third kappa shape index (κ3) is 1.70. The molecule has 4 heteroatoms. The number of benzene rings is 1. The Morgan fingerprint density at radius 3 is 2.44 bits per heavy atom. The third-order valence-electron chi connectivity index (χ3n) is 3.59. The topological polar surface area (TPSA) is 66.5 Å². The summed E-state index contributed by atoms with van der Waals surface area (Å²) in [5.74, 6) is -0.0975. The predicted octanol–water partition coefficient (Wildman–Crippen LogP) is 2.63. The molecule has 0 radical (unpaired) electrons. The Morgan fingerprint density at radius 2 is 1.88 bits per heavy atom. The second kappa shape index (κ2) is 4.26. The molecule has 4 N–H and O–H groups in total. The molecule has 1 fully saturated rings. The summed E-state index contributed by atoms with van der Waals surface area (Å²) in [6, 6.07) is 3.25. The molecule has 16 heavy (non-hydrogen) atoms. The number of hydrogen-bond acceptors (Lipinski definition) is 3. The fourth-order valence-corrected chi connectivity index (χ4v) is 3.41. The first-order valence-electron chi connectivity index (χ1n) is 5.52. The Hall–Kier alpha value is -0.740. The molecule has 0 atom stereocenters. The number of aromatic hydroxyl groups is 2. The zero-order chi connectivity index (χ0) is 11.8. The van der Waals surface area contributed by atoms with Gasteiger partial charge >= 0.3 is 0 Å². The Kier molecular flexibility index (Phi) is 3.13. The number of hydrogen-bond donors (Lipinski definition) is 3. The van der Waals surface area contributed by atoms with E-state index < -0.39 is 0 Å². The van der Waals surface area contributed by atoms with E-state index in [4.69, 9.17) is 5.73 Å². The largest absolute Gasteiger partial charge is 0.504 e. The standard InChI is InChI=1S/C12H16BrNO2/c13-8-3-4-9(15)11(16)10(8)12(7-14)5-1-2-6-12/h3-4,15-16H,1-2,5-7,14H2. The first kappa shape index (κ1) is 11.7. The van der Waals surface area contributed by atoms with Crippen LogP contribution >= 0.6 is 15.9 Å². The SMILES string of the molecule is NCC1(c2c(Br)ccc(O)c2O)CCCC1. The highest BCUT2D eigenvalue weighted by molar-refractivity contribution is 9.10. The van der Waals surface area contributed by atoms with Crippen molar-refractivity contribution >= 4 is 15.9 Å². The van der Waals surface area contributed by atoms with E-state index in [9.17, 15) is 10.2 Å². The molecule has 1 aromatic carbocycles. The van der Waals surface area contributed by atoms with Gasteiger partial charge in [-0.05, 0) is 25.0 Å². The van der Waals surface area contributed by atoms with Crippen LogP contribution in [0.15, 0.2) is 16.6 Å². The van der Waals surface area contributed by atoms with Crippen LogP contribution in [-0.4, -0.2) is 16.8 Å². The number of nitrogens with two attached hydrogens (primary N) is 1. The molecule has 0 aromatic heterocycles. The quantitative estimate of drug-likeness (QED) is 0.732. The van der Waals surface area contributed by atoms with Crippen LogP contribution in [0.4, 0.5) is 0 Å². The lowest BCUT2D eigenvalue weighted by atomic mass is 9.78.